The van der Waals surface area contributed by atoms with E-state index in [0.29, 0.717) is 0 Å². The van der Waals surface area contributed by atoms with Crippen molar-refractivity contribution in [2.45, 2.75) is 40.0 Å². The number of rotatable bonds is 2. The predicted octanol–water partition coefficient (Wildman–Crippen LogP) is 1.80. The number of hydrazine groups is 1. The molecule has 1 amide bonds. The largest absolute Gasteiger partial charge is 0.292 e. The van der Waals surface area contributed by atoms with Crippen LogP contribution in [0.4, 0.5) is 0 Å². The van der Waals surface area contributed by atoms with Gasteiger partial charge in [0.25, 0.3) is 0 Å². The summed E-state index contributed by atoms with van der Waals surface area (Å²) in [4.78, 5) is 9.92. The first-order chi connectivity index (χ1) is 6.16. The molecule has 0 aromatic heterocycles. The molecule has 1 aliphatic rings. The van der Waals surface area contributed by atoms with E-state index in [9.17, 15) is 4.79 Å². The van der Waals surface area contributed by atoms with Crippen LogP contribution in [0.25, 0.3) is 0 Å². The Bertz CT molecular complexity index is 117. The van der Waals surface area contributed by atoms with Crippen LogP contribution >= 0.6 is 0 Å². The minimum Gasteiger partial charge on any atom is -0.292 e. The highest BCUT2D eigenvalue weighted by Crippen LogP contribution is 2.04. The summed E-state index contributed by atoms with van der Waals surface area (Å²) in [6.45, 7) is 8.53. The third-order valence-electron chi connectivity index (χ3n) is 1.59. The maximum absolute atomic E-state index is 9.92. The van der Waals surface area contributed by atoms with Crippen molar-refractivity contribution in [2.24, 2.45) is 5.92 Å². The van der Waals surface area contributed by atoms with Crippen molar-refractivity contribution in [3.8, 4) is 0 Å². The van der Waals surface area contributed by atoms with E-state index >= 15 is 0 Å². The first-order valence-electron chi connectivity index (χ1n) is 5.11. The van der Waals surface area contributed by atoms with E-state index in [1.807, 2.05) is 5.01 Å². The van der Waals surface area contributed by atoms with Gasteiger partial charge in [0, 0.05) is 13.1 Å². The molecular weight excluding hydrogens is 164 g/mol. The molecule has 1 heterocycles. The average Bonchev–Trinajstić information content (AvgIpc) is 2.06. The van der Waals surface area contributed by atoms with Crippen molar-refractivity contribution in [3.63, 3.8) is 0 Å². The van der Waals surface area contributed by atoms with Crippen molar-refractivity contribution < 1.29 is 4.79 Å². The quantitative estimate of drug-likeness (QED) is 0.667. The first-order valence-corrected chi connectivity index (χ1v) is 5.11. The second-order valence-corrected chi connectivity index (χ2v) is 4.03. The van der Waals surface area contributed by atoms with Crippen molar-refractivity contribution in [1.29, 1.82) is 0 Å². The Balaban J connectivity index is 0.000000310. The van der Waals surface area contributed by atoms with Gasteiger partial charge in [-0.1, -0.05) is 27.2 Å². The van der Waals surface area contributed by atoms with E-state index in [-0.39, 0.29) is 0 Å². The van der Waals surface area contributed by atoms with Crippen LogP contribution in [0, 0.1) is 5.92 Å². The summed E-state index contributed by atoms with van der Waals surface area (Å²) in [5.41, 5.74) is 2.64. The second-order valence-electron chi connectivity index (χ2n) is 4.03. The molecule has 0 aliphatic carbocycles. The van der Waals surface area contributed by atoms with Crippen LogP contribution < -0.4 is 5.43 Å². The fraction of sp³-hybridized carbons (Fsp3) is 0.900. The molecule has 1 aliphatic heterocycles. The third kappa shape index (κ3) is 9.34. The molecule has 1 rings (SSSR count). The van der Waals surface area contributed by atoms with E-state index in [1.54, 1.807) is 0 Å². The van der Waals surface area contributed by atoms with Gasteiger partial charge in [0.1, 0.15) is 0 Å². The van der Waals surface area contributed by atoms with Gasteiger partial charge in [-0.2, -0.15) is 0 Å². The maximum Gasteiger partial charge on any atom is 0.221 e. The molecule has 0 atom stereocenters. The molecular formula is C10H22N2O. The molecule has 3 heteroatoms. The Kier molecular flexibility index (Phi) is 7.69. The topological polar surface area (TPSA) is 32.3 Å². The lowest BCUT2D eigenvalue weighted by Gasteiger charge is -2.24. The molecule has 0 unspecified atom stereocenters. The molecule has 1 saturated heterocycles. The van der Waals surface area contributed by atoms with Gasteiger partial charge in [0.15, 0.2) is 0 Å². The fourth-order valence-electron chi connectivity index (χ4n) is 1.10. The third-order valence-corrected chi connectivity index (χ3v) is 1.59. The maximum atomic E-state index is 9.92. The van der Waals surface area contributed by atoms with Gasteiger partial charge in [0.05, 0.1) is 0 Å². The van der Waals surface area contributed by atoms with E-state index in [2.05, 4.69) is 26.2 Å². The van der Waals surface area contributed by atoms with Crippen LogP contribution in [0.2, 0.25) is 0 Å². The van der Waals surface area contributed by atoms with E-state index < -0.39 is 0 Å². The van der Waals surface area contributed by atoms with Crippen LogP contribution in [-0.4, -0.2) is 24.5 Å². The zero-order valence-corrected chi connectivity index (χ0v) is 9.05. The molecule has 0 aromatic rings. The minimum atomic E-state index is 0.741. The number of amides is 1. The summed E-state index contributed by atoms with van der Waals surface area (Å²) < 4.78 is 0. The monoisotopic (exact) mass is 186 g/mol. The highest BCUT2D eigenvalue weighted by Gasteiger charge is 2.06. The van der Waals surface area contributed by atoms with Gasteiger partial charge in [-0.25, -0.2) is 5.01 Å². The number of piperidine rings is 1. The predicted molar refractivity (Wildman–Crippen MR) is 55.1 cm³/mol. The van der Waals surface area contributed by atoms with Crippen LogP contribution in [0.1, 0.15) is 40.0 Å². The van der Waals surface area contributed by atoms with Gasteiger partial charge in [-0.3, -0.25) is 10.2 Å². The molecule has 1 N–H and O–H groups in total. The molecule has 0 spiro atoms. The van der Waals surface area contributed by atoms with Gasteiger partial charge >= 0.3 is 0 Å². The van der Waals surface area contributed by atoms with Crippen molar-refractivity contribution >= 4 is 6.41 Å². The lowest BCUT2D eigenvalue weighted by Crippen LogP contribution is -2.40. The van der Waals surface area contributed by atoms with Crippen LogP contribution in [-0.2, 0) is 4.79 Å². The molecule has 3 nitrogen and oxygen atoms in total. The molecule has 13 heavy (non-hydrogen) atoms. The van der Waals surface area contributed by atoms with Gasteiger partial charge in [-0.05, 0) is 18.8 Å². The lowest BCUT2D eigenvalue weighted by molar-refractivity contribution is -0.114. The van der Waals surface area contributed by atoms with Crippen molar-refractivity contribution in [1.82, 2.24) is 10.4 Å². The molecule has 78 valence electrons. The Morgan fingerprint density at radius 1 is 1.15 bits per heavy atom. The van der Waals surface area contributed by atoms with Crippen molar-refractivity contribution in [3.05, 3.63) is 0 Å². The van der Waals surface area contributed by atoms with E-state index in [4.69, 9.17) is 0 Å². The summed E-state index contributed by atoms with van der Waals surface area (Å²) in [5.74, 6) is 0.833. The molecule has 1 fully saturated rings. The van der Waals surface area contributed by atoms with Crippen LogP contribution in [0.3, 0.4) is 0 Å². The SMILES string of the molecule is CC(C)C.O=CNN1CCCCC1. The fourth-order valence-corrected chi connectivity index (χ4v) is 1.10. The smallest absolute Gasteiger partial charge is 0.221 e. The molecule has 0 saturated carbocycles. The summed E-state index contributed by atoms with van der Waals surface area (Å²) in [7, 11) is 0. The average molecular weight is 186 g/mol. The van der Waals surface area contributed by atoms with E-state index in [1.165, 1.54) is 19.3 Å². The highest BCUT2D eigenvalue weighted by molar-refractivity contribution is 5.44. The summed E-state index contributed by atoms with van der Waals surface area (Å²) >= 11 is 0. The first kappa shape index (κ1) is 12.4. The Morgan fingerprint density at radius 2 is 1.62 bits per heavy atom. The normalized spacial score (nSPS) is 17.5. The zero-order valence-electron chi connectivity index (χ0n) is 9.05. The summed E-state index contributed by atoms with van der Waals surface area (Å²) in [6, 6.07) is 0. The Labute approximate surface area is 81.5 Å². The number of carbonyl (C=O) groups excluding carboxylic acids is 1. The summed E-state index contributed by atoms with van der Waals surface area (Å²) in [5, 5.41) is 1.95. The molecule has 0 radical (unpaired) electrons. The molecule has 0 bridgehead atoms. The second kappa shape index (κ2) is 8.05. The Morgan fingerprint density at radius 3 is 2.00 bits per heavy atom. The van der Waals surface area contributed by atoms with E-state index in [0.717, 1.165) is 25.4 Å². The number of hydrogen-bond donors (Lipinski definition) is 1. The van der Waals surface area contributed by atoms with Gasteiger partial charge < -0.3 is 0 Å². The standard InChI is InChI=1S/C6H12N2O.C4H10/c9-6-7-8-4-2-1-3-5-8;1-4(2)3/h6H,1-5H2,(H,7,9);4H,1-3H3. The Hall–Kier alpha value is -0.570. The molecule has 0 aromatic carbocycles. The van der Waals surface area contributed by atoms with Crippen LogP contribution in [0.5, 0.6) is 0 Å². The minimum absolute atomic E-state index is 0.741. The van der Waals surface area contributed by atoms with Gasteiger partial charge in [-0.15, -0.1) is 0 Å². The lowest BCUT2D eigenvalue weighted by atomic mass is 10.2. The zero-order chi connectivity index (χ0) is 10.1. The number of hydrogen-bond acceptors (Lipinski definition) is 2. The van der Waals surface area contributed by atoms with Gasteiger partial charge in [0.2, 0.25) is 6.41 Å². The number of nitrogens with one attached hydrogen (secondary N) is 1. The van der Waals surface area contributed by atoms with Crippen molar-refractivity contribution in [2.75, 3.05) is 13.1 Å². The number of carbonyl (C=O) groups is 1. The summed E-state index contributed by atoms with van der Waals surface area (Å²) in [6.07, 6.45) is 4.46. The highest BCUT2D eigenvalue weighted by atomic mass is 16.1. The number of nitrogens with zero attached hydrogens (tertiary/aromatic N) is 1. The van der Waals surface area contributed by atoms with Crippen LogP contribution in [0.15, 0.2) is 0 Å².